The highest BCUT2D eigenvalue weighted by atomic mass is 19.4. The Labute approximate surface area is 83.3 Å². The average Bonchev–Trinajstić information content (AvgIpc) is 2.14. The number of nitrogens with zero attached hydrogens (tertiary/aromatic N) is 2. The van der Waals surface area contributed by atoms with Crippen LogP contribution in [-0.4, -0.2) is 15.9 Å². The summed E-state index contributed by atoms with van der Waals surface area (Å²) in [6.45, 7) is 0. The maximum Gasteiger partial charge on any atom is 0.451 e. The first kappa shape index (κ1) is 11.4. The van der Waals surface area contributed by atoms with Gasteiger partial charge in [0.2, 0.25) is 11.7 Å². The van der Waals surface area contributed by atoms with Crippen LogP contribution in [0.15, 0.2) is 12.4 Å². The molecule has 1 amide bonds. The lowest BCUT2D eigenvalue weighted by Crippen LogP contribution is -2.13. The molecule has 0 spiro atoms. The van der Waals surface area contributed by atoms with Gasteiger partial charge in [0.05, 0.1) is 0 Å². The number of hydrogen-bond acceptors (Lipinski definition) is 3. The highest BCUT2D eigenvalue weighted by molar-refractivity contribution is 5.73. The second-order valence-electron chi connectivity index (χ2n) is 2.88. The molecule has 0 aliphatic rings. The summed E-state index contributed by atoms with van der Waals surface area (Å²) in [7, 11) is 0. The number of carbonyl (C=O) groups excluding carboxylic acids is 1. The molecule has 0 fully saturated rings. The fraction of sp³-hybridized carbons (Fsp3) is 0.375. The molecule has 1 aromatic rings. The SMILES string of the molecule is NC(=O)CCc1cnc(C(F)(F)F)nc1. The number of amides is 1. The van der Waals surface area contributed by atoms with Gasteiger partial charge < -0.3 is 5.73 Å². The van der Waals surface area contributed by atoms with E-state index in [-0.39, 0.29) is 12.8 Å². The first-order valence-electron chi connectivity index (χ1n) is 4.06. The number of alkyl halides is 3. The number of carbonyl (C=O) groups is 1. The van der Waals surface area contributed by atoms with Gasteiger partial charge in [-0.05, 0) is 12.0 Å². The molecule has 0 aromatic carbocycles. The predicted molar refractivity (Wildman–Crippen MR) is 44.5 cm³/mol. The maximum atomic E-state index is 12.0. The highest BCUT2D eigenvalue weighted by Crippen LogP contribution is 2.25. The lowest BCUT2D eigenvalue weighted by Gasteiger charge is -2.04. The molecular formula is C8H8F3N3O. The van der Waals surface area contributed by atoms with Gasteiger partial charge in [0.15, 0.2) is 0 Å². The van der Waals surface area contributed by atoms with E-state index in [1.165, 1.54) is 0 Å². The molecule has 7 heteroatoms. The third-order valence-electron chi connectivity index (χ3n) is 1.62. The van der Waals surface area contributed by atoms with Crippen molar-refractivity contribution < 1.29 is 18.0 Å². The molecule has 0 unspecified atom stereocenters. The predicted octanol–water partition coefficient (Wildman–Crippen LogP) is 0.913. The highest BCUT2D eigenvalue weighted by Gasteiger charge is 2.34. The van der Waals surface area contributed by atoms with E-state index in [0.717, 1.165) is 12.4 Å². The second kappa shape index (κ2) is 4.24. The van der Waals surface area contributed by atoms with Crippen LogP contribution in [0.25, 0.3) is 0 Å². The molecule has 0 aliphatic carbocycles. The number of hydrogen-bond donors (Lipinski definition) is 1. The number of aryl methyl sites for hydroxylation is 1. The lowest BCUT2D eigenvalue weighted by molar-refractivity contribution is -0.145. The minimum Gasteiger partial charge on any atom is -0.370 e. The van der Waals surface area contributed by atoms with Crippen molar-refractivity contribution in [2.75, 3.05) is 0 Å². The normalized spacial score (nSPS) is 11.4. The molecule has 0 radical (unpaired) electrons. The molecule has 1 heterocycles. The first-order chi connectivity index (χ1) is 6.89. The average molecular weight is 219 g/mol. The van der Waals surface area contributed by atoms with Gasteiger partial charge in [0.1, 0.15) is 0 Å². The van der Waals surface area contributed by atoms with Crippen LogP contribution in [0.1, 0.15) is 17.8 Å². The fourth-order valence-corrected chi connectivity index (χ4v) is 0.898. The first-order valence-corrected chi connectivity index (χ1v) is 4.06. The van der Waals surface area contributed by atoms with Crippen LogP contribution in [0.2, 0.25) is 0 Å². The minimum atomic E-state index is -4.54. The molecule has 0 saturated heterocycles. The van der Waals surface area contributed by atoms with Gasteiger partial charge in [-0.3, -0.25) is 4.79 Å². The van der Waals surface area contributed by atoms with Crippen LogP contribution in [-0.2, 0) is 17.4 Å². The Morgan fingerprint density at radius 2 is 1.87 bits per heavy atom. The quantitative estimate of drug-likeness (QED) is 0.821. The van der Waals surface area contributed by atoms with E-state index in [2.05, 4.69) is 9.97 Å². The zero-order valence-corrected chi connectivity index (χ0v) is 7.58. The van der Waals surface area contributed by atoms with Crippen LogP contribution >= 0.6 is 0 Å². The molecule has 0 bridgehead atoms. The Balaban J connectivity index is 2.69. The summed E-state index contributed by atoms with van der Waals surface area (Å²) in [6.07, 6.45) is -2.15. The molecule has 82 valence electrons. The van der Waals surface area contributed by atoms with Gasteiger partial charge in [-0.25, -0.2) is 9.97 Å². The summed E-state index contributed by atoms with van der Waals surface area (Å²) in [5.74, 6) is -1.71. The molecule has 2 N–H and O–H groups in total. The Bertz CT molecular complexity index is 347. The summed E-state index contributed by atoms with van der Waals surface area (Å²) >= 11 is 0. The number of primary amides is 1. The van der Waals surface area contributed by atoms with Gasteiger partial charge in [0, 0.05) is 18.8 Å². The molecule has 1 rings (SSSR count). The Hall–Kier alpha value is -1.66. The van der Waals surface area contributed by atoms with Crippen molar-refractivity contribution >= 4 is 5.91 Å². The molecule has 0 aliphatic heterocycles. The van der Waals surface area contributed by atoms with Crippen molar-refractivity contribution in [1.29, 1.82) is 0 Å². The molecular weight excluding hydrogens is 211 g/mol. The third kappa shape index (κ3) is 3.53. The smallest absolute Gasteiger partial charge is 0.370 e. The van der Waals surface area contributed by atoms with E-state index in [0.29, 0.717) is 5.56 Å². The van der Waals surface area contributed by atoms with Crippen molar-refractivity contribution in [2.24, 2.45) is 5.73 Å². The van der Waals surface area contributed by atoms with Crippen molar-refractivity contribution in [3.63, 3.8) is 0 Å². The van der Waals surface area contributed by atoms with Gasteiger partial charge in [-0.1, -0.05) is 0 Å². The Morgan fingerprint density at radius 3 is 2.27 bits per heavy atom. The second-order valence-corrected chi connectivity index (χ2v) is 2.88. The van der Waals surface area contributed by atoms with E-state index in [1.54, 1.807) is 0 Å². The summed E-state index contributed by atoms with van der Waals surface area (Å²) in [4.78, 5) is 16.7. The summed E-state index contributed by atoms with van der Waals surface area (Å²) in [5, 5.41) is 0. The largest absolute Gasteiger partial charge is 0.451 e. The van der Waals surface area contributed by atoms with E-state index < -0.39 is 17.9 Å². The topological polar surface area (TPSA) is 68.9 Å². The van der Waals surface area contributed by atoms with E-state index >= 15 is 0 Å². The van der Waals surface area contributed by atoms with Crippen LogP contribution in [0.5, 0.6) is 0 Å². The fourth-order valence-electron chi connectivity index (χ4n) is 0.898. The number of aromatic nitrogens is 2. The van der Waals surface area contributed by atoms with Crippen molar-refractivity contribution in [3.8, 4) is 0 Å². The van der Waals surface area contributed by atoms with Crippen molar-refractivity contribution in [3.05, 3.63) is 23.8 Å². The van der Waals surface area contributed by atoms with Gasteiger partial charge in [-0.15, -0.1) is 0 Å². The third-order valence-corrected chi connectivity index (χ3v) is 1.62. The standard InChI is InChI=1S/C8H8F3N3O/c9-8(10,11)7-13-3-5(4-14-7)1-2-6(12)15/h3-4H,1-2H2,(H2,12,15). The summed E-state index contributed by atoms with van der Waals surface area (Å²) in [5.41, 5.74) is 5.33. The van der Waals surface area contributed by atoms with Gasteiger partial charge in [0.25, 0.3) is 0 Å². The van der Waals surface area contributed by atoms with Crippen LogP contribution < -0.4 is 5.73 Å². The van der Waals surface area contributed by atoms with Crippen LogP contribution in [0.4, 0.5) is 13.2 Å². The zero-order valence-electron chi connectivity index (χ0n) is 7.58. The summed E-state index contributed by atoms with van der Waals surface area (Å²) in [6, 6.07) is 0. The number of halogens is 3. The summed E-state index contributed by atoms with van der Waals surface area (Å²) < 4.78 is 36.1. The Morgan fingerprint density at radius 1 is 1.33 bits per heavy atom. The van der Waals surface area contributed by atoms with Crippen molar-refractivity contribution in [1.82, 2.24) is 9.97 Å². The van der Waals surface area contributed by atoms with Crippen LogP contribution in [0, 0.1) is 0 Å². The molecule has 1 aromatic heterocycles. The lowest BCUT2D eigenvalue weighted by atomic mass is 10.2. The number of nitrogens with two attached hydrogens (primary N) is 1. The molecule has 15 heavy (non-hydrogen) atoms. The monoisotopic (exact) mass is 219 g/mol. The van der Waals surface area contributed by atoms with E-state index in [9.17, 15) is 18.0 Å². The maximum absolute atomic E-state index is 12.0. The minimum absolute atomic E-state index is 0.0642. The zero-order chi connectivity index (χ0) is 11.5. The van der Waals surface area contributed by atoms with Gasteiger partial charge >= 0.3 is 6.18 Å². The number of rotatable bonds is 3. The Kier molecular flexibility index (Phi) is 3.23. The molecule has 4 nitrogen and oxygen atoms in total. The van der Waals surface area contributed by atoms with Crippen molar-refractivity contribution in [2.45, 2.75) is 19.0 Å². The van der Waals surface area contributed by atoms with Crippen LogP contribution in [0.3, 0.4) is 0 Å². The van der Waals surface area contributed by atoms with Gasteiger partial charge in [-0.2, -0.15) is 13.2 Å². The molecule has 0 saturated carbocycles. The van der Waals surface area contributed by atoms with E-state index in [1.807, 2.05) is 0 Å². The molecule has 0 atom stereocenters. The van der Waals surface area contributed by atoms with E-state index in [4.69, 9.17) is 5.73 Å².